The van der Waals surface area contributed by atoms with Gasteiger partial charge in [0.05, 0.1) is 0 Å². The van der Waals surface area contributed by atoms with E-state index < -0.39 is 0 Å². The molecule has 19 heavy (non-hydrogen) atoms. The molecule has 2 unspecified atom stereocenters. The third-order valence-electron chi connectivity index (χ3n) is 3.75. The van der Waals surface area contributed by atoms with Gasteiger partial charge in [-0.25, -0.2) is 0 Å². The molecule has 0 aromatic heterocycles. The van der Waals surface area contributed by atoms with E-state index in [0.717, 1.165) is 24.2 Å². The van der Waals surface area contributed by atoms with Gasteiger partial charge < -0.3 is 9.64 Å². The highest BCUT2D eigenvalue weighted by Crippen LogP contribution is 2.25. The van der Waals surface area contributed by atoms with Crippen LogP contribution in [0.15, 0.2) is 24.3 Å². The number of likely N-dealkylation sites (tertiary alicyclic amines) is 1. The third kappa shape index (κ3) is 3.30. The molecular formula is C15H20BrNO2. The number of halogens is 1. The van der Waals surface area contributed by atoms with Gasteiger partial charge in [0.15, 0.2) is 0 Å². The Bertz CT molecular complexity index is 422. The van der Waals surface area contributed by atoms with E-state index in [1.54, 1.807) is 0 Å². The van der Waals surface area contributed by atoms with Gasteiger partial charge in [0.25, 0.3) is 5.91 Å². The number of amides is 1. The van der Waals surface area contributed by atoms with Crippen LogP contribution >= 0.6 is 15.9 Å². The Hall–Kier alpha value is -1.03. The quantitative estimate of drug-likeness (QED) is 0.790. The summed E-state index contributed by atoms with van der Waals surface area (Å²) in [6.07, 6.45) is 3.41. The Kier molecular flexibility index (Phi) is 4.86. The molecule has 2 atom stereocenters. The standard InChI is InChI=1S/C15H20BrNO2/c1-11-4-3-5-12(2)17(11)15(18)13-6-8-14(9-7-13)19-10-16/h6-9,11-12H,3-5,10H2,1-2H3. The maximum atomic E-state index is 12.6. The summed E-state index contributed by atoms with van der Waals surface area (Å²) in [5.41, 5.74) is 1.20. The maximum Gasteiger partial charge on any atom is 0.254 e. The van der Waals surface area contributed by atoms with Crippen molar-refractivity contribution in [3.8, 4) is 5.75 Å². The molecule has 0 saturated carbocycles. The van der Waals surface area contributed by atoms with E-state index in [9.17, 15) is 4.79 Å². The minimum Gasteiger partial charge on any atom is -0.482 e. The lowest BCUT2D eigenvalue weighted by atomic mass is 9.96. The van der Waals surface area contributed by atoms with E-state index in [2.05, 4.69) is 29.8 Å². The van der Waals surface area contributed by atoms with Gasteiger partial charge in [-0.05, 0) is 73.3 Å². The first-order valence-corrected chi connectivity index (χ1v) is 7.87. The van der Waals surface area contributed by atoms with E-state index >= 15 is 0 Å². The monoisotopic (exact) mass is 325 g/mol. The van der Waals surface area contributed by atoms with Gasteiger partial charge in [0.1, 0.15) is 11.3 Å². The van der Waals surface area contributed by atoms with Gasteiger partial charge in [-0.15, -0.1) is 0 Å². The van der Waals surface area contributed by atoms with Gasteiger partial charge in [0.2, 0.25) is 0 Å². The number of hydrogen-bond acceptors (Lipinski definition) is 2. The summed E-state index contributed by atoms with van der Waals surface area (Å²) in [6, 6.07) is 8.02. The highest BCUT2D eigenvalue weighted by Gasteiger charge is 2.29. The molecule has 2 rings (SSSR count). The van der Waals surface area contributed by atoms with E-state index in [1.165, 1.54) is 6.42 Å². The second kappa shape index (κ2) is 6.42. The van der Waals surface area contributed by atoms with Crippen LogP contribution in [-0.2, 0) is 0 Å². The summed E-state index contributed by atoms with van der Waals surface area (Å²) in [5.74, 6) is 0.901. The number of carbonyl (C=O) groups excluding carboxylic acids is 1. The van der Waals surface area contributed by atoms with Crippen molar-refractivity contribution in [3.05, 3.63) is 29.8 Å². The fourth-order valence-corrected chi connectivity index (χ4v) is 2.99. The Morgan fingerprint density at radius 1 is 1.26 bits per heavy atom. The molecule has 0 bridgehead atoms. The van der Waals surface area contributed by atoms with E-state index in [1.807, 2.05) is 29.2 Å². The van der Waals surface area contributed by atoms with Crippen molar-refractivity contribution < 1.29 is 9.53 Å². The molecule has 1 aromatic carbocycles. The Balaban J connectivity index is 2.13. The van der Waals surface area contributed by atoms with Gasteiger partial charge in [-0.1, -0.05) is 0 Å². The van der Waals surface area contributed by atoms with Crippen molar-refractivity contribution in [1.82, 2.24) is 4.90 Å². The van der Waals surface area contributed by atoms with Crippen molar-refractivity contribution in [2.24, 2.45) is 0 Å². The molecule has 1 saturated heterocycles. The Morgan fingerprint density at radius 3 is 2.37 bits per heavy atom. The first-order chi connectivity index (χ1) is 9.13. The van der Waals surface area contributed by atoms with Gasteiger partial charge in [-0.3, -0.25) is 4.79 Å². The molecule has 1 fully saturated rings. The number of nitrogens with zero attached hydrogens (tertiary/aromatic N) is 1. The van der Waals surface area contributed by atoms with Gasteiger partial charge >= 0.3 is 0 Å². The molecule has 1 aliphatic rings. The van der Waals surface area contributed by atoms with Crippen molar-refractivity contribution in [2.75, 3.05) is 5.52 Å². The number of benzene rings is 1. The van der Waals surface area contributed by atoms with Crippen molar-refractivity contribution in [1.29, 1.82) is 0 Å². The fourth-order valence-electron chi connectivity index (χ4n) is 2.73. The highest BCUT2D eigenvalue weighted by atomic mass is 79.9. The minimum atomic E-state index is 0.130. The lowest BCUT2D eigenvalue weighted by molar-refractivity contribution is 0.0511. The average molecular weight is 326 g/mol. The van der Waals surface area contributed by atoms with Gasteiger partial charge in [0, 0.05) is 17.6 Å². The summed E-state index contributed by atoms with van der Waals surface area (Å²) < 4.78 is 5.32. The number of piperidine rings is 1. The molecule has 1 heterocycles. The summed E-state index contributed by atoms with van der Waals surface area (Å²) in [5, 5.41) is 0. The van der Waals surface area contributed by atoms with Crippen molar-refractivity contribution in [2.45, 2.75) is 45.2 Å². The highest BCUT2D eigenvalue weighted by molar-refractivity contribution is 9.09. The van der Waals surface area contributed by atoms with Crippen LogP contribution in [0.2, 0.25) is 0 Å². The molecule has 3 nitrogen and oxygen atoms in total. The van der Waals surface area contributed by atoms with Crippen LogP contribution < -0.4 is 4.74 Å². The SMILES string of the molecule is CC1CCCC(C)N1C(=O)c1ccc(OCBr)cc1. The van der Waals surface area contributed by atoms with Gasteiger partial charge in [-0.2, -0.15) is 0 Å². The number of hydrogen-bond donors (Lipinski definition) is 0. The van der Waals surface area contributed by atoms with Crippen molar-refractivity contribution in [3.63, 3.8) is 0 Å². The van der Waals surface area contributed by atoms with E-state index in [0.29, 0.717) is 17.6 Å². The van der Waals surface area contributed by atoms with Crippen LogP contribution in [0, 0.1) is 0 Å². The summed E-state index contributed by atoms with van der Waals surface area (Å²) >= 11 is 3.21. The first-order valence-electron chi connectivity index (χ1n) is 6.75. The summed E-state index contributed by atoms with van der Waals surface area (Å²) in [7, 11) is 0. The normalized spacial score (nSPS) is 23.2. The predicted molar refractivity (Wildman–Crippen MR) is 79.8 cm³/mol. The second-order valence-corrected chi connectivity index (χ2v) is 5.58. The molecule has 1 aliphatic heterocycles. The number of carbonyl (C=O) groups is 1. The lowest BCUT2D eigenvalue weighted by Gasteiger charge is -2.39. The maximum absolute atomic E-state index is 12.6. The molecule has 0 N–H and O–H groups in total. The molecule has 0 aliphatic carbocycles. The van der Waals surface area contributed by atoms with Crippen molar-refractivity contribution >= 4 is 21.8 Å². The smallest absolute Gasteiger partial charge is 0.254 e. The van der Waals surface area contributed by atoms with Crippen LogP contribution in [0.3, 0.4) is 0 Å². The second-order valence-electron chi connectivity index (χ2n) is 5.12. The summed E-state index contributed by atoms with van der Waals surface area (Å²) in [6.45, 7) is 4.27. The number of rotatable bonds is 3. The molecule has 0 radical (unpaired) electrons. The zero-order valence-corrected chi connectivity index (χ0v) is 13.0. The Labute approximate surface area is 123 Å². The zero-order valence-electron chi connectivity index (χ0n) is 11.4. The van der Waals surface area contributed by atoms with E-state index in [-0.39, 0.29) is 5.91 Å². The number of ether oxygens (including phenoxy) is 1. The van der Waals surface area contributed by atoms with Crippen LogP contribution in [-0.4, -0.2) is 28.4 Å². The Morgan fingerprint density at radius 2 is 1.84 bits per heavy atom. The largest absolute Gasteiger partial charge is 0.482 e. The molecular weight excluding hydrogens is 306 g/mol. The third-order valence-corrected chi connectivity index (χ3v) is 3.98. The van der Waals surface area contributed by atoms with E-state index in [4.69, 9.17) is 4.74 Å². The molecule has 1 amide bonds. The van der Waals surface area contributed by atoms with Crippen LogP contribution in [0.5, 0.6) is 5.75 Å². The minimum absolute atomic E-state index is 0.130. The zero-order chi connectivity index (χ0) is 13.8. The molecule has 1 aromatic rings. The van der Waals surface area contributed by atoms with Crippen LogP contribution in [0.1, 0.15) is 43.5 Å². The number of alkyl halides is 1. The summed E-state index contributed by atoms with van der Waals surface area (Å²) in [4.78, 5) is 14.6. The lowest BCUT2D eigenvalue weighted by Crippen LogP contribution is -2.47. The molecule has 0 spiro atoms. The fraction of sp³-hybridized carbons (Fsp3) is 0.533. The predicted octanol–water partition coefficient (Wildman–Crippen LogP) is 3.82. The van der Waals surface area contributed by atoms with Crippen LogP contribution in [0.4, 0.5) is 0 Å². The average Bonchev–Trinajstić information content (AvgIpc) is 2.39. The molecule has 104 valence electrons. The topological polar surface area (TPSA) is 29.5 Å². The first kappa shape index (κ1) is 14.4. The van der Waals surface area contributed by atoms with Crippen LogP contribution in [0.25, 0.3) is 0 Å². The molecule has 4 heteroatoms.